The minimum absolute atomic E-state index is 0.101. The molecule has 1 aromatic heterocycles. The first kappa shape index (κ1) is 19.5. The van der Waals surface area contributed by atoms with Crippen LogP contribution in [-0.4, -0.2) is 42.9 Å². The molecule has 150 valence electrons. The molecular formula is C22H23N3O3S. The Kier molecular flexibility index (Phi) is 5.60. The van der Waals surface area contributed by atoms with Crippen molar-refractivity contribution >= 4 is 10.0 Å². The van der Waals surface area contributed by atoms with E-state index in [-0.39, 0.29) is 10.9 Å². The molecule has 1 fully saturated rings. The quantitative estimate of drug-likeness (QED) is 0.642. The van der Waals surface area contributed by atoms with E-state index in [1.54, 1.807) is 0 Å². The van der Waals surface area contributed by atoms with E-state index in [0.717, 1.165) is 12.8 Å². The van der Waals surface area contributed by atoms with Crippen molar-refractivity contribution in [3.63, 3.8) is 0 Å². The van der Waals surface area contributed by atoms with Crippen LogP contribution >= 0.6 is 0 Å². The third-order valence-corrected chi connectivity index (χ3v) is 7.22. The number of ether oxygens (including phenoxy) is 1. The van der Waals surface area contributed by atoms with Gasteiger partial charge in [0.1, 0.15) is 4.90 Å². The van der Waals surface area contributed by atoms with E-state index in [9.17, 15) is 8.42 Å². The first-order valence-electron chi connectivity index (χ1n) is 9.59. The van der Waals surface area contributed by atoms with Crippen molar-refractivity contribution in [3.05, 3.63) is 72.6 Å². The van der Waals surface area contributed by atoms with Gasteiger partial charge in [0.25, 0.3) is 0 Å². The van der Waals surface area contributed by atoms with Crippen LogP contribution in [0, 0.1) is 0 Å². The molecule has 4 rings (SSSR count). The Morgan fingerprint density at radius 2 is 1.48 bits per heavy atom. The van der Waals surface area contributed by atoms with Crippen molar-refractivity contribution in [2.45, 2.75) is 23.7 Å². The number of rotatable bonds is 5. The van der Waals surface area contributed by atoms with E-state index in [2.05, 4.69) is 46.4 Å². The zero-order valence-electron chi connectivity index (χ0n) is 16.2. The summed E-state index contributed by atoms with van der Waals surface area (Å²) in [5.41, 5.74) is 3.64. The first-order chi connectivity index (χ1) is 14.1. The van der Waals surface area contributed by atoms with Crippen molar-refractivity contribution in [1.29, 1.82) is 0 Å². The highest BCUT2D eigenvalue weighted by Gasteiger charge is 2.30. The smallest absolute Gasteiger partial charge is 0.316 e. The number of benzene rings is 2. The Bertz CT molecular complexity index is 1040. The second-order valence-corrected chi connectivity index (χ2v) is 9.01. The van der Waals surface area contributed by atoms with Crippen molar-refractivity contribution in [2.24, 2.45) is 0 Å². The minimum atomic E-state index is -3.58. The standard InChI is InChI=1S/C22H23N3O3S/c1-28-22-23-15-21(16-24-22)29(26,27)25-13-11-20(12-14-25)19-9-7-18(8-10-19)17-5-3-2-4-6-17/h2-10,15-16,20H,11-14H2,1H3. The van der Waals surface area contributed by atoms with Crippen LogP contribution in [-0.2, 0) is 10.0 Å². The van der Waals surface area contributed by atoms with Crippen molar-refractivity contribution < 1.29 is 13.2 Å². The van der Waals surface area contributed by atoms with Gasteiger partial charge < -0.3 is 4.74 Å². The van der Waals surface area contributed by atoms with E-state index in [0.29, 0.717) is 19.0 Å². The van der Waals surface area contributed by atoms with Crippen molar-refractivity contribution in [3.8, 4) is 17.1 Å². The van der Waals surface area contributed by atoms with Gasteiger partial charge in [-0.1, -0.05) is 54.6 Å². The monoisotopic (exact) mass is 409 g/mol. The number of hydrogen-bond acceptors (Lipinski definition) is 5. The summed E-state index contributed by atoms with van der Waals surface area (Å²) in [5, 5.41) is 0. The Morgan fingerprint density at radius 3 is 2.07 bits per heavy atom. The fourth-order valence-corrected chi connectivity index (χ4v) is 5.06. The summed E-state index contributed by atoms with van der Waals surface area (Å²) in [6, 6.07) is 19.0. The summed E-state index contributed by atoms with van der Waals surface area (Å²) in [7, 11) is -2.14. The maximum absolute atomic E-state index is 12.8. The third kappa shape index (κ3) is 4.16. The van der Waals surface area contributed by atoms with Crippen LogP contribution < -0.4 is 4.74 Å². The molecule has 0 bridgehead atoms. The minimum Gasteiger partial charge on any atom is -0.467 e. The number of hydrogen-bond donors (Lipinski definition) is 0. The zero-order chi connectivity index (χ0) is 20.3. The van der Waals surface area contributed by atoms with Gasteiger partial charge in [-0.2, -0.15) is 4.31 Å². The summed E-state index contributed by atoms with van der Waals surface area (Å²) < 4.78 is 32.1. The predicted octanol–water partition coefficient (Wildman–Crippen LogP) is 3.72. The Labute approximate surface area is 171 Å². The maximum Gasteiger partial charge on any atom is 0.316 e. The molecule has 0 saturated carbocycles. The predicted molar refractivity (Wildman–Crippen MR) is 111 cm³/mol. The SMILES string of the molecule is COc1ncc(S(=O)(=O)N2CCC(c3ccc(-c4ccccc4)cc3)CC2)cn1. The molecule has 1 aliphatic heterocycles. The molecule has 1 aliphatic rings. The van der Waals surface area contributed by atoms with E-state index in [1.165, 1.54) is 40.5 Å². The van der Waals surface area contributed by atoms with Crippen LogP contribution in [0.3, 0.4) is 0 Å². The number of sulfonamides is 1. The third-order valence-electron chi connectivity index (χ3n) is 5.37. The molecule has 3 aromatic rings. The summed E-state index contributed by atoms with van der Waals surface area (Å²) in [6.45, 7) is 0.971. The van der Waals surface area contributed by atoms with Gasteiger partial charge in [0.05, 0.1) is 19.5 Å². The molecule has 29 heavy (non-hydrogen) atoms. The van der Waals surface area contributed by atoms with Gasteiger partial charge in [-0.15, -0.1) is 0 Å². The molecule has 0 aliphatic carbocycles. The van der Waals surface area contributed by atoms with Crippen LogP contribution in [0.2, 0.25) is 0 Å². The molecule has 0 N–H and O–H groups in total. The molecule has 1 saturated heterocycles. The van der Waals surface area contributed by atoms with E-state index in [4.69, 9.17) is 4.74 Å². The van der Waals surface area contributed by atoms with E-state index in [1.807, 2.05) is 18.2 Å². The number of methoxy groups -OCH3 is 1. The average Bonchev–Trinajstić information content (AvgIpc) is 2.80. The summed E-state index contributed by atoms with van der Waals surface area (Å²) >= 11 is 0. The topological polar surface area (TPSA) is 72.4 Å². The molecule has 0 amide bonds. The summed E-state index contributed by atoms with van der Waals surface area (Å²) in [6.07, 6.45) is 4.19. The molecule has 7 heteroatoms. The number of nitrogens with zero attached hydrogens (tertiary/aromatic N) is 3. The molecule has 0 unspecified atom stereocenters. The van der Waals surface area contributed by atoms with Crippen LogP contribution in [0.1, 0.15) is 24.3 Å². The highest BCUT2D eigenvalue weighted by atomic mass is 32.2. The van der Waals surface area contributed by atoms with Crippen LogP contribution in [0.15, 0.2) is 71.9 Å². The second kappa shape index (κ2) is 8.31. The highest BCUT2D eigenvalue weighted by molar-refractivity contribution is 7.89. The Hall–Kier alpha value is -2.77. The van der Waals surface area contributed by atoms with Crippen molar-refractivity contribution in [2.75, 3.05) is 20.2 Å². The Balaban J connectivity index is 1.42. The lowest BCUT2D eigenvalue weighted by molar-refractivity contribution is 0.319. The first-order valence-corrected chi connectivity index (χ1v) is 11.0. The fourth-order valence-electron chi connectivity index (χ4n) is 3.70. The van der Waals surface area contributed by atoms with Crippen LogP contribution in [0.25, 0.3) is 11.1 Å². The van der Waals surface area contributed by atoms with Gasteiger partial charge in [-0.05, 0) is 35.4 Å². The lowest BCUT2D eigenvalue weighted by Gasteiger charge is -2.31. The van der Waals surface area contributed by atoms with Gasteiger partial charge >= 0.3 is 6.01 Å². The van der Waals surface area contributed by atoms with Crippen LogP contribution in [0.5, 0.6) is 6.01 Å². The zero-order valence-corrected chi connectivity index (χ0v) is 17.0. The molecular weight excluding hydrogens is 386 g/mol. The van der Waals surface area contributed by atoms with Gasteiger partial charge in [0.15, 0.2) is 0 Å². The largest absolute Gasteiger partial charge is 0.467 e. The van der Waals surface area contributed by atoms with Crippen LogP contribution in [0.4, 0.5) is 0 Å². The lowest BCUT2D eigenvalue weighted by atomic mass is 9.89. The lowest BCUT2D eigenvalue weighted by Crippen LogP contribution is -2.38. The van der Waals surface area contributed by atoms with E-state index < -0.39 is 10.0 Å². The van der Waals surface area contributed by atoms with Gasteiger partial charge in [-0.25, -0.2) is 18.4 Å². The van der Waals surface area contributed by atoms with Gasteiger partial charge in [0, 0.05) is 13.1 Å². The Morgan fingerprint density at radius 1 is 0.897 bits per heavy atom. The summed E-state index contributed by atoms with van der Waals surface area (Å²) in [4.78, 5) is 7.93. The molecule has 0 atom stereocenters. The molecule has 6 nitrogen and oxygen atoms in total. The highest BCUT2D eigenvalue weighted by Crippen LogP contribution is 2.32. The maximum atomic E-state index is 12.8. The van der Waals surface area contributed by atoms with E-state index >= 15 is 0 Å². The fraction of sp³-hybridized carbons (Fsp3) is 0.273. The molecule has 2 aromatic carbocycles. The van der Waals surface area contributed by atoms with Gasteiger partial charge in [0.2, 0.25) is 10.0 Å². The van der Waals surface area contributed by atoms with Crippen molar-refractivity contribution in [1.82, 2.24) is 14.3 Å². The average molecular weight is 410 g/mol. The number of piperidine rings is 1. The van der Waals surface area contributed by atoms with Gasteiger partial charge in [-0.3, -0.25) is 0 Å². The normalized spacial score (nSPS) is 15.9. The molecule has 0 spiro atoms. The molecule has 0 radical (unpaired) electrons. The molecule has 2 heterocycles. The second-order valence-electron chi connectivity index (χ2n) is 7.07. The number of aromatic nitrogens is 2. The summed E-state index contributed by atoms with van der Waals surface area (Å²) in [5.74, 6) is 0.360.